The van der Waals surface area contributed by atoms with Gasteiger partial charge in [-0.2, -0.15) is 4.98 Å². The van der Waals surface area contributed by atoms with Gasteiger partial charge in [0.2, 0.25) is 5.95 Å². The van der Waals surface area contributed by atoms with Crippen molar-refractivity contribution in [1.82, 2.24) is 15.0 Å². The Morgan fingerprint density at radius 3 is 2.33 bits per heavy atom. The van der Waals surface area contributed by atoms with Crippen molar-refractivity contribution >= 4 is 5.95 Å². The first-order valence-corrected chi connectivity index (χ1v) is 7.01. The zero-order valence-electron chi connectivity index (χ0n) is 11.9. The predicted octanol–water partition coefficient (Wildman–Crippen LogP) is 2.87. The predicted molar refractivity (Wildman–Crippen MR) is 73.7 cm³/mol. The summed E-state index contributed by atoms with van der Waals surface area (Å²) in [6.45, 7) is 11.0. The molecule has 2 heterocycles. The number of hydrogen-bond acceptors (Lipinski definition) is 4. The zero-order chi connectivity index (χ0) is 13.1. The van der Waals surface area contributed by atoms with Crippen LogP contribution in [-0.2, 0) is 0 Å². The van der Waals surface area contributed by atoms with Crippen molar-refractivity contribution in [2.24, 2.45) is 11.8 Å². The lowest BCUT2D eigenvalue weighted by molar-refractivity contribution is 0.309. The number of rotatable bonds is 3. The van der Waals surface area contributed by atoms with E-state index in [1.54, 1.807) is 6.33 Å². The van der Waals surface area contributed by atoms with E-state index in [1.807, 2.05) is 0 Å². The normalized spacial score (nSPS) is 17.8. The molecule has 100 valence electrons. The molecule has 0 aliphatic carbocycles. The highest BCUT2D eigenvalue weighted by Crippen LogP contribution is 2.26. The summed E-state index contributed by atoms with van der Waals surface area (Å²) in [5.74, 6) is 3.76. The first-order valence-electron chi connectivity index (χ1n) is 7.01. The Kier molecular flexibility index (Phi) is 4.15. The van der Waals surface area contributed by atoms with E-state index in [-0.39, 0.29) is 0 Å². The van der Waals surface area contributed by atoms with Crippen LogP contribution < -0.4 is 4.90 Å². The summed E-state index contributed by atoms with van der Waals surface area (Å²) in [6, 6.07) is 0. The molecule has 0 unspecified atom stereocenters. The smallest absolute Gasteiger partial charge is 0.228 e. The summed E-state index contributed by atoms with van der Waals surface area (Å²) in [7, 11) is 0. The van der Waals surface area contributed by atoms with Crippen LogP contribution in [0, 0.1) is 11.8 Å². The van der Waals surface area contributed by atoms with Gasteiger partial charge in [-0.25, -0.2) is 9.97 Å². The maximum absolute atomic E-state index is 4.57. The summed E-state index contributed by atoms with van der Waals surface area (Å²) in [5.41, 5.74) is 0. The number of piperidine rings is 1. The van der Waals surface area contributed by atoms with Gasteiger partial charge in [-0.05, 0) is 24.7 Å². The van der Waals surface area contributed by atoms with E-state index in [0.29, 0.717) is 5.92 Å². The molecule has 4 heteroatoms. The lowest BCUT2D eigenvalue weighted by Gasteiger charge is -2.33. The topological polar surface area (TPSA) is 41.9 Å². The minimum absolute atomic E-state index is 0.361. The summed E-state index contributed by atoms with van der Waals surface area (Å²) in [6.07, 6.45) is 4.15. The second-order valence-electron chi connectivity index (χ2n) is 5.87. The van der Waals surface area contributed by atoms with Gasteiger partial charge >= 0.3 is 0 Å². The average molecular weight is 248 g/mol. The van der Waals surface area contributed by atoms with E-state index in [0.717, 1.165) is 36.7 Å². The first kappa shape index (κ1) is 13.2. The molecule has 1 aliphatic rings. The average Bonchev–Trinajstić information content (AvgIpc) is 2.39. The number of nitrogens with zero attached hydrogens (tertiary/aromatic N) is 4. The van der Waals surface area contributed by atoms with Gasteiger partial charge in [0.1, 0.15) is 12.2 Å². The molecular formula is C14H24N4. The first-order chi connectivity index (χ1) is 8.58. The van der Waals surface area contributed by atoms with Crippen LogP contribution in [-0.4, -0.2) is 28.0 Å². The summed E-state index contributed by atoms with van der Waals surface area (Å²) in [4.78, 5) is 15.4. The van der Waals surface area contributed by atoms with E-state index in [2.05, 4.69) is 47.5 Å². The van der Waals surface area contributed by atoms with Crippen LogP contribution in [0.15, 0.2) is 6.33 Å². The number of anilines is 1. The van der Waals surface area contributed by atoms with Gasteiger partial charge < -0.3 is 4.90 Å². The Balaban J connectivity index is 2.03. The second-order valence-corrected chi connectivity index (χ2v) is 5.87. The lowest BCUT2D eigenvalue weighted by atomic mass is 9.87. The van der Waals surface area contributed by atoms with Crippen molar-refractivity contribution in [2.75, 3.05) is 18.0 Å². The molecule has 0 saturated carbocycles. The Bertz CT molecular complexity index is 381. The molecule has 0 N–H and O–H groups in total. The number of aromatic nitrogens is 3. The van der Waals surface area contributed by atoms with Crippen molar-refractivity contribution in [3.8, 4) is 0 Å². The second kappa shape index (κ2) is 5.63. The highest BCUT2D eigenvalue weighted by molar-refractivity contribution is 5.29. The lowest BCUT2D eigenvalue weighted by Crippen LogP contribution is -2.36. The molecule has 2 rings (SSSR count). The highest BCUT2D eigenvalue weighted by atomic mass is 15.3. The fourth-order valence-corrected chi connectivity index (χ4v) is 2.50. The molecule has 0 radical (unpaired) electrons. The van der Waals surface area contributed by atoms with Crippen molar-refractivity contribution in [1.29, 1.82) is 0 Å². The molecule has 0 aromatic carbocycles. The van der Waals surface area contributed by atoms with Gasteiger partial charge in [0.25, 0.3) is 0 Å². The largest absolute Gasteiger partial charge is 0.341 e. The molecule has 1 fully saturated rings. The molecule has 1 aliphatic heterocycles. The zero-order valence-corrected chi connectivity index (χ0v) is 11.9. The van der Waals surface area contributed by atoms with E-state index < -0.39 is 0 Å². The molecule has 18 heavy (non-hydrogen) atoms. The third-order valence-electron chi connectivity index (χ3n) is 3.86. The molecule has 0 bridgehead atoms. The van der Waals surface area contributed by atoms with Gasteiger partial charge in [-0.1, -0.05) is 27.7 Å². The van der Waals surface area contributed by atoms with Crippen LogP contribution in [0.3, 0.4) is 0 Å². The van der Waals surface area contributed by atoms with Crippen LogP contribution in [0.25, 0.3) is 0 Å². The summed E-state index contributed by atoms with van der Waals surface area (Å²) in [5, 5.41) is 0. The molecule has 1 saturated heterocycles. The molecule has 1 aromatic heterocycles. The third kappa shape index (κ3) is 2.98. The quantitative estimate of drug-likeness (QED) is 0.825. The third-order valence-corrected chi connectivity index (χ3v) is 3.86. The number of hydrogen-bond donors (Lipinski definition) is 0. The van der Waals surface area contributed by atoms with Gasteiger partial charge in [0, 0.05) is 19.0 Å². The summed E-state index contributed by atoms with van der Waals surface area (Å²) < 4.78 is 0. The maximum atomic E-state index is 4.57. The van der Waals surface area contributed by atoms with Crippen LogP contribution in [0.5, 0.6) is 0 Å². The standard InChI is InChI=1S/C14H24N4/c1-10(2)12-5-7-18(8-6-12)14-16-9-15-13(17-14)11(3)4/h9-12H,5-8H2,1-4H3. The van der Waals surface area contributed by atoms with Crippen molar-refractivity contribution in [2.45, 2.75) is 46.5 Å². The van der Waals surface area contributed by atoms with E-state index >= 15 is 0 Å². The van der Waals surface area contributed by atoms with Crippen molar-refractivity contribution < 1.29 is 0 Å². The van der Waals surface area contributed by atoms with E-state index in [1.165, 1.54) is 12.8 Å². The van der Waals surface area contributed by atoms with Crippen LogP contribution in [0.1, 0.15) is 52.3 Å². The molecule has 0 spiro atoms. The molecule has 4 nitrogen and oxygen atoms in total. The maximum Gasteiger partial charge on any atom is 0.228 e. The highest BCUT2D eigenvalue weighted by Gasteiger charge is 2.23. The van der Waals surface area contributed by atoms with Crippen molar-refractivity contribution in [3.63, 3.8) is 0 Å². The summed E-state index contributed by atoms with van der Waals surface area (Å²) >= 11 is 0. The Morgan fingerprint density at radius 1 is 1.11 bits per heavy atom. The fraction of sp³-hybridized carbons (Fsp3) is 0.786. The van der Waals surface area contributed by atoms with Crippen LogP contribution >= 0.6 is 0 Å². The SMILES string of the molecule is CC(C)c1ncnc(N2CCC(C(C)C)CC2)n1. The minimum Gasteiger partial charge on any atom is -0.341 e. The molecule has 1 aromatic rings. The molecule has 0 atom stereocenters. The minimum atomic E-state index is 0.361. The fourth-order valence-electron chi connectivity index (χ4n) is 2.50. The Labute approximate surface area is 110 Å². The van der Waals surface area contributed by atoms with Crippen LogP contribution in [0.2, 0.25) is 0 Å². The van der Waals surface area contributed by atoms with Gasteiger partial charge in [0.05, 0.1) is 0 Å². The monoisotopic (exact) mass is 248 g/mol. The van der Waals surface area contributed by atoms with Gasteiger partial charge in [-0.3, -0.25) is 0 Å². The molecule has 0 amide bonds. The van der Waals surface area contributed by atoms with Crippen LogP contribution in [0.4, 0.5) is 5.95 Å². The van der Waals surface area contributed by atoms with E-state index in [9.17, 15) is 0 Å². The molecular weight excluding hydrogens is 224 g/mol. The van der Waals surface area contributed by atoms with Gasteiger partial charge in [-0.15, -0.1) is 0 Å². The Hall–Kier alpha value is -1.19. The van der Waals surface area contributed by atoms with Gasteiger partial charge in [0.15, 0.2) is 0 Å². The van der Waals surface area contributed by atoms with Crippen molar-refractivity contribution in [3.05, 3.63) is 12.2 Å². The Morgan fingerprint density at radius 2 is 1.78 bits per heavy atom. The van der Waals surface area contributed by atoms with E-state index in [4.69, 9.17) is 0 Å².